The van der Waals surface area contributed by atoms with Gasteiger partial charge in [0.15, 0.2) is 0 Å². The minimum atomic E-state index is -0.223. The molecule has 0 spiro atoms. The molecule has 0 aliphatic rings. The lowest BCUT2D eigenvalue weighted by molar-refractivity contribution is 0.345. The SMILES string of the molecule is COc1ccc(CN(CC(C)(C)Cc2cc(OC)ccc2N(Cc2ccc(SC)cc2)CC(C)(C)Cc2cc(N(Cc3ccc(F)cc3)CC(C)(C)C)ccc2OC)c2ccc(OC)cc2)cc1. The zero-order valence-corrected chi connectivity index (χ0v) is 43.4. The standard InChI is InChI=1S/C59H74FN3O4S/c1-57(2,3)40-61(37-43-13-19-48(60)20-14-43)50-23-32-56(67-11)47(33-50)36-59(6,7)42-63(39-45-17-29-54(68-12)30-18-45)55-31-28-53(66-10)34-46(55)35-58(4,5)41-62(49-21-26-52(65-9)27-22-49)38-44-15-24-51(64-8)25-16-44/h13-34H,35-42H2,1-12H3. The van der Waals surface area contributed by atoms with Gasteiger partial charge in [0, 0.05) is 61.2 Å². The third-order valence-corrected chi connectivity index (χ3v) is 13.0. The van der Waals surface area contributed by atoms with Crippen LogP contribution < -0.4 is 33.6 Å². The number of hydrogen-bond donors (Lipinski definition) is 0. The average molecular weight is 940 g/mol. The van der Waals surface area contributed by atoms with E-state index in [0.29, 0.717) is 6.54 Å². The van der Waals surface area contributed by atoms with Crippen molar-refractivity contribution < 1.29 is 23.3 Å². The van der Waals surface area contributed by atoms with E-state index < -0.39 is 0 Å². The smallest absolute Gasteiger partial charge is 0.123 e. The van der Waals surface area contributed by atoms with Gasteiger partial charge in [-0.05, 0) is 160 Å². The largest absolute Gasteiger partial charge is 0.497 e. The Hall–Kier alpha value is -5.80. The van der Waals surface area contributed by atoms with Crippen LogP contribution in [0.25, 0.3) is 0 Å². The van der Waals surface area contributed by atoms with Crippen LogP contribution in [0, 0.1) is 22.1 Å². The Kier molecular flexibility index (Phi) is 17.4. The Labute approximate surface area is 411 Å². The highest BCUT2D eigenvalue weighted by atomic mass is 32.2. The van der Waals surface area contributed by atoms with Crippen LogP contribution in [0.2, 0.25) is 0 Å². The van der Waals surface area contributed by atoms with Gasteiger partial charge in [-0.25, -0.2) is 4.39 Å². The fourth-order valence-electron chi connectivity index (χ4n) is 9.20. The molecule has 0 N–H and O–H groups in total. The molecule has 0 bridgehead atoms. The van der Waals surface area contributed by atoms with E-state index in [1.54, 1.807) is 52.3 Å². The lowest BCUT2D eigenvalue weighted by Gasteiger charge is -2.38. The highest BCUT2D eigenvalue weighted by Crippen LogP contribution is 2.39. The van der Waals surface area contributed by atoms with Crippen LogP contribution in [0.3, 0.4) is 0 Å². The lowest BCUT2D eigenvalue weighted by atomic mass is 9.82. The first-order valence-corrected chi connectivity index (χ1v) is 24.8. The van der Waals surface area contributed by atoms with E-state index in [1.165, 1.54) is 27.3 Å². The fraction of sp³-hybridized carbons (Fsp3) is 0.390. The summed E-state index contributed by atoms with van der Waals surface area (Å²) in [5, 5.41) is 0. The molecule has 9 heteroatoms. The van der Waals surface area contributed by atoms with E-state index in [0.717, 1.165) is 91.1 Å². The number of rotatable bonds is 23. The quantitative estimate of drug-likeness (QED) is 0.0589. The maximum Gasteiger partial charge on any atom is 0.123 e. The van der Waals surface area contributed by atoms with Gasteiger partial charge in [-0.3, -0.25) is 0 Å². The molecule has 6 aromatic carbocycles. The number of ether oxygens (including phenoxy) is 4. The van der Waals surface area contributed by atoms with Crippen LogP contribution in [-0.2, 0) is 32.5 Å². The van der Waals surface area contributed by atoms with Crippen molar-refractivity contribution in [2.75, 3.05) is 69.0 Å². The van der Waals surface area contributed by atoms with Crippen molar-refractivity contribution in [3.63, 3.8) is 0 Å². The second-order valence-electron chi connectivity index (χ2n) is 20.8. The van der Waals surface area contributed by atoms with Gasteiger partial charge >= 0.3 is 0 Å². The Bertz CT molecular complexity index is 2500. The molecule has 0 radical (unpaired) electrons. The molecule has 0 heterocycles. The second-order valence-corrected chi connectivity index (χ2v) is 21.7. The number of benzene rings is 6. The van der Waals surface area contributed by atoms with E-state index in [4.69, 9.17) is 18.9 Å². The van der Waals surface area contributed by atoms with Crippen LogP contribution in [0.1, 0.15) is 76.3 Å². The zero-order valence-electron chi connectivity index (χ0n) is 42.6. The van der Waals surface area contributed by atoms with Gasteiger partial charge < -0.3 is 33.6 Å². The van der Waals surface area contributed by atoms with Crippen LogP contribution in [0.5, 0.6) is 23.0 Å². The summed E-state index contributed by atoms with van der Waals surface area (Å²) >= 11 is 1.76. The normalized spacial score (nSPS) is 11.8. The third kappa shape index (κ3) is 14.8. The number of nitrogens with zero attached hydrogens (tertiary/aromatic N) is 3. The van der Waals surface area contributed by atoms with Crippen molar-refractivity contribution in [1.82, 2.24) is 0 Å². The molecule has 6 rings (SSSR count). The summed E-state index contributed by atoms with van der Waals surface area (Å²) in [5.41, 5.74) is 9.03. The van der Waals surface area contributed by atoms with Gasteiger partial charge in [0.2, 0.25) is 0 Å². The van der Waals surface area contributed by atoms with E-state index in [1.807, 2.05) is 36.4 Å². The van der Waals surface area contributed by atoms with E-state index in [2.05, 4.69) is 154 Å². The first-order valence-electron chi connectivity index (χ1n) is 23.6. The first kappa shape index (κ1) is 51.6. The summed E-state index contributed by atoms with van der Waals surface area (Å²) in [5.74, 6) is 3.17. The van der Waals surface area contributed by atoms with Gasteiger partial charge in [0.1, 0.15) is 28.8 Å². The van der Waals surface area contributed by atoms with Crippen molar-refractivity contribution in [2.45, 2.75) is 85.8 Å². The zero-order chi connectivity index (χ0) is 49.1. The van der Waals surface area contributed by atoms with Crippen molar-refractivity contribution in [2.24, 2.45) is 16.2 Å². The molecule has 0 aromatic heterocycles. The fourth-order valence-corrected chi connectivity index (χ4v) is 9.61. The van der Waals surface area contributed by atoms with Crippen LogP contribution in [-0.4, -0.2) is 54.3 Å². The molecule has 0 atom stereocenters. The number of halogens is 1. The number of thioether (sulfide) groups is 1. The molecule has 6 aromatic rings. The molecule has 0 saturated heterocycles. The van der Waals surface area contributed by atoms with Crippen molar-refractivity contribution in [3.8, 4) is 23.0 Å². The first-order chi connectivity index (χ1) is 32.4. The molecule has 7 nitrogen and oxygen atoms in total. The predicted molar refractivity (Wildman–Crippen MR) is 284 cm³/mol. The number of anilines is 3. The summed E-state index contributed by atoms with van der Waals surface area (Å²) < 4.78 is 37.0. The Morgan fingerprint density at radius 3 is 1.44 bits per heavy atom. The maximum absolute atomic E-state index is 14.0. The third-order valence-electron chi connectivity index (χ3n) is 12.3. The summed E-state index contributed by atoms with van der Waals surface area (Å²) in [6.07, 6.45) is 3.71. The molecule has 0 unspecified atom stereocenters. The van der Waals surface area contributed by atoms with Gasteiger partial charge in [0.05, 0.1) is 28.4 Å². The average Bonchev–Trinajstić information content (AvgIpc) is 3.31. The Balaban J connectivity index is 1.35. The second kappa shape index (κ2) is 23.0. The minimum absolute atomic E-state index is 0.0308. The summed E-state index contributed by atoms with van der Waals surface area (Å²) in [6, 6.07) is 45.8. The topological polar surface area (TPSA) is 46.6 Å². The molecule has 0 aliphatic carbocycles. The van der Waals surface area contributed by atoms with Crippen molar-refractivity contribution >= 4 is 28.8 Å². The van der Waals surface area contributed by atoms with Gasteiger partial charge in [-0.2, -0.15) is 0 Å². The monoisotopic (exact) mass is 940 g/mol. The molecule has 0 amide bonds. The predicted octanol–water partition coefficient (Wildman–Crippen LogP) is 14.2. The van der Waals surface area contributed by atoms with Crippen LogP contribution in [0.4, 0.5) is 21.5 Å². The van der Waals surface area contributed by atoms with E-state index in [-0.39, 0.29) is 22.1 Å². The highest BCUT2D eigenvalue weighted by molar-refractivity contribution is 7.98. The van der Waals surface area contributed by atoms with Crippen molar-refractivity contribution in [1.29, 1.82) is 0 Å². The summed E-state index contributed by atoms with van der Waals surface area (Å²) in [7, 11) is 6.93. The van der Waals surface area contributed by atoms with Gasteiger partial charge in [-0.1, -0.05) is 84.9 Å². The minimum Gasteiger partial charge on any atom is -0.497 e. The maximum atomic E-state index is 14.0. The molecule has 0 saturated carbocycles. The molecule has 0 fully saturated rings. The molecular weight excluding hydrogens is 866 g/mol. The Morgan fingerprint density at radius 1 is 0.456 bits per heavy atom. The molecule has 362 valence electrons. The van der Waals surface area contributed by atoms with Gasteiger partial charge in [-0.15, -0.1) is 11.8 Å². The molecule has 0 aliphatic heterocycles. The number of methoxy groups -OCH3 is 4. The summed E-state index contributed by atoms with van der Waals surface area (Å²) in [6.45, 7) is 20.8. The molecule has 68 heavy (non-hydrogen) atoms. The molecular formula is C59H74FN3O4S. The lowest BCUT2D eigenvalue weighted by Crippen LogP contribution is -2.38. The van der Waals surface area contributed by atoms with Gasteiger partial charge in [0.25, 0.3) is 0 Å². The van der Waals surface area contributed by atoms with Crippen molar-refractivity contribution in [3.05, 3.63) is 167 Å². The Morgan fingerprint density at radius 2 is 0.912 bits per heavy atom. The van der Waals surface area contributed by atoms with E-state index >= 15 is 0 Å². The summed E-state index contributed by atoms with van der Waals surface area (Å²) in [4.78, 5) is 8.70. The van der Waals surface area contributed by atoms with Crippen LogP contribution in [0.15, 0.2) is 138 Å². The highest BCUT2D eigenvalue weighted by Gasteiger charge is 2.30. The number of hydrogen-bond acceptors (Lipinski definition) is 8. The van der Waals surface area contributed by atoms with E-state index in [9.17, 15) is 4.39 Å². The van der Waals surface area contributed by atoms with Crippen LogP contribution >= 0.6 is 11.8 Å².